The molecule has 1 unspecified atom stereocenters. The van der Waals surface area contributed by atoms with E-state index in [1.165, 1.54) is 10.4 Å². The van der Waals surface area contributed by atoms with E-state index in [9.17, 15) is 4.79 Å². The third kappa shape index (κ3) is 5.09. The molecule has 0 fully saturated rings. The van der Waals surface area contributed by atoms with E-state index >= 15 is 0 Å². The summed E-state index contributed by atoms with van der Waals surface area (Å²) < 4.78 is 6.95. The van der Waals surface area contributed by atoms with Crippen molar-refractivity contribution in [3.8, 4) is 0 Å². The number of hydrogen-bond donors (Lipinski definition) is 0. The Balaban J connectivity index is 2.39. The van der Waals surface area contributed by atoms with Crippen LogP contribution in [0, 0.1) is 11.8 Å². The molecule has 2 nitrogen and oxygen atoms in total. The Morgan fingerprint density at radius 1 is 1.00 bits per heavy atom. The van der Waals surface area contributed by atoms with Crippen molar-refractivity contribution in [2.24, 2.45) is 11.8 Å². The molecular formula is C25H34O2Si. The minimum atomic E-state index is -2.50. The molecule has 0 spiro atoms. The van der Waals surface area contributed by atoms with Crippen LogP contribution >= 0.6 is 0 Å². The maximum atomic E-state index is 11.4. The van der Waals surface area contributed by atoms with Crippen LogP contribution in [0.2, 0.25) is 5.04 Å². The number of allylic oxidation sites excluding steroid dienone is 1. The lowest BCUT2D eigenvalue weighted by Gasteiger charge is -2.43. The maximum absolute atomic E-state index is 11.4. The molecule has 2 atom stereocenters. The molecule has 0 saturated carbocycles. The van der Waals surface area contributed by atoms with Crippen LogP contribution < -0.4 is 10.4 Å². The summed E-state index contributed by atoms with van der Waals surface area (Å²) in [5, 5.41) is 2.55. The Bertz CT molecular complexity index is 695. The van der Waals surface area contributed by atoms with Crippen LogP contribution in [0.3, 0.4) is 0 Å². The molecule has 0 heterocycles. The molecule has 2 aromatic rings. The van der Waals surface area contributed by atoms with Gasteiger partial charge in [0.25, 0.3) is 8.32 Å². The summed E-state index contributed by atoms with van der Waals surface area (Å²) in [7, 11) is -2.50. The van der Waals surface area contributed by atoms with Crippen molar-refractivity contribution in [3.63, 3.8) is 0 Å². The molecule has 2 rings (SSSR count). The molecule has 2 aromatic carbocycles. The largest absolute Gasteiger partial charge is 0.407 e. The molecule has 0 saturated heterocycles. The third-order valence-electron chi connectivity index (χ3n) is 5.37. The van der Waals surface area contributed by atoms with Gasteiger partial charge in [-0.15, -0.1) is 6.58 Å². The molecular weight excluding hydrogens is 360 g/mol. The van der Waals surface area contributed by atoms with Crippen molar-refractivity contribution in [2.45, 2.75) is 45.6 Å². The van der Waals surface area contributed by atoms with Crippen LogP contribution in [0.4, 0.5) is 0 Å². The number of aldehydes is 1. The van der Waals surface area contributed by atoms with Crippen LogP contribution in [0.5, 0.6) is 0 Å². The Kier molecular flexibility index (Phi) is 7.96. The predicted octanol–water partition coefficient (Wildman–Crippen LogP) is 4.98. The fourth-order valence-corrected chi connectivity index (χ4v) is 8.73. The molecule has 150 valence electrons. The Hall–Kier alpha value is -1.97. The first-order valence-corrected chi connectivity index (χ1v) is 12.1. The first-order chi connectivity index (χ1) is 13.3. The van der Waals surface area contributed by atoms with Crippen molar-refractivity contribution < 1.29 is 9.22 Å². The summed E-state index contributed by atoms with van der Waals surface area (Å²) in [5.41, 5.74) is 0. The molecule has 0 amide bonds. The fourth-order valence-electron chi connectivity index (χ4n) is 4.04. The summed E-state index contributed by atoms with van der Waals surface area (Å²) in [6, 6.07) is 21.4. The van der Waals surface area contributed by atoms with Gasteiger partial charge in [-0.05, 0) is 34.2 Å². The van der Waals surface area contributed by atoms with E-state index in [-0.39, 0.29) is 11.0 Å². The summed E-state index contributed by atoms with van der Waals surface area (Å²) in [4.78, 5) is 11.4. The number of carbonyl (C=O) groups is 1. The Labute approximate surface area is 171 Å². The van der Waals surface area contributed by atoms with Crippen LogP contribution in [0.15, 0.2) is 73.3 Å². The zero-order chi connectivity index (χ0) is 20.6. The van der Waals surface area contributed by atoms with Crippen molar-refractivity contribution in [2.75, 3.05) is 6.61 Å². The molecule has 28 heavy (non-hydrogen) atoms. The minimum absolute atomic E-state index is 0.0234. The first-order valence-electron chi connectivity index (χ1n) is 10.2. The summed E-state index contributed by atoms with van der Waals surface area (Å²) in [6.45, 7) is 13.5. The second-order valence-corrected chi connectivity index (χ2v) is 13.0. The van der Waals surface area contributed by atoms with Crippen molar-refractivity contribution >= 4 is 25.0 Å². The molecule has 0 N–H and O–H groups in total. The molecule has 0 aliphatic carbocycles. The highest BCUT2D eigenvalue weighted by Crippen LogP contribution is 2.37. The lowest BCUT2D eigenvalue weighted by molar-refractivity contribution is -0.111. The summed E-state index contributed by atoms with van der Waals surface area (Å²) in [6.07, 6.45) is 4.44. The van der Waals surface area contributed by atoms with Gasteiger partial charge in [0.1, 0.15) is 6.29 Å². The molecule has 0 aromatic heterocycles. The second kappa shape index (κ2) is 9.99. The van der Waals surface area contributed by atoms with Crippen molar-refractivity contribution in [3.05, 3.63) is 73.3 Å². The monoisotopic (exact) mass is 394 g/mol. The van der Waals surface area contributed by atoms with Crippen LogP contribution in [0.25, 0.3) is 0 Å². The normalized spacial score (nSPS) is 14.3. The molecule has 0 aliphatic rings. The Morgan fingerprint density at radius 3 is 1.89 bits per heavy atom. The van der Waals surface area contributed by atoms with E-state index < -0.39 is 8.32 Å². The molecule has 0 bridgehead atoms. The van der Waals surface area contributed by atoms with E-state index in [2.05, 4.69) is 94.9 Å². The smallest absolute Gasteiger partial charge is 0.261 e. The first kappa shape index (κ1) is 22.3. The van der Waals surface area contributed by atoms with Gasteiger partial charge >= 0.3 is 0 Å². The number of rotatable bonds is 10. The molecule has 3 heteroatoms. The zero-order valence-corrected chi connectivity index (χ0v) is 18.7. The minimum Gasteiger partial charge on any atom is -0.407 e. The maximum Gasteiger partial charge on any atom is 0.261 e. The number of hydrogen-bond acceptors (Lipinski definition) is 2. The van der Waals surface area contributed by atoms with Gasteiger partial charge in [-0.25, -0.2) is 0 Å². The Morgan fingerprint density at radius 2 is 1.50 bits per heavy atom. The molecule has 0 aliphatic heterocycles. The SMILES string of the molecule is C=CC[C@@H](C=O)CC(C)CO[Si](c1ccccc1)(c1ccccc1)C(C)(C)C. The highest BCUT2D eigenvalue weighted by molar-refractivity contribution is 6.99. The van der Waals surface area contributed by atoms with Gasteiger partial charge in [0.05, 0.1) is 0 Å². The predicted molar refractivity (Wildman–Crippen MR) is 122 cm³/mol. The van der Waals surface area contributed by atoms with Gasteiger partial charge in [0, 0.05) is 12.5 Å². The lowest BCUT2D eigenvalue weighted by Crippen LogP contribution is -2.66. The van der Waals surface area contributed by atoms with E-state index in [4.69, 9.17) is 4.43 Å². The highest BCUT2D eigenvalue weighted by Gasteiger charge is 2.50. The van der Waals surface area contributed by atoms with Gasteiger partial charge < -0.3 is 9.22 Å². The van der Waals surface area contributed by atoms with E-state index in [0.29, 0.717) is 12.5 Å². The van der Waals surface area contributed by atoms with Gasteiger partial charge in [-0.2, -0.15) is 0 Å². The fraction of sp³-hybridized carbons (Fsp3) is 0.400. The quantitative estimate of drug-likeness (QED) is 0.323. The zero-order valence-electron chi connectivity index (χ0n) is 17.7. The average Bonchev–Trinajstić information content (AvgIpc) is 2.68. The second-order valence-electron chi connectivity index (χ2n) is 8.74. The summed E-state index contributed by atoms with van der Waals surface area (Å²) in [5.74, 6) is 0.326. The number of benzene rings is 2. The van der Waals surface area contributed by atoms with E-state index in [1.54, 1.807) is 0 Å². The van der Waals surface area contributed by atoms with Gasteiger partial charge in [0.15, 0.2) is 0 Å². The van der Waals surface area contributed by atoms with Crippen LogP contribution in [-0.4, -0.2) is 21.2 Å². The average molecular weight is 395 g/mol. The van der Waals surface area contributed by atoms with E-state index in [1.807, 2.05) is 6.08 Å². The highest BCUT2D eigenvalue weighted by atomic mass is 28.4. The van der Waals surface area contributed by atoms with Gasteiger partial charge in [0.2, 0.25) is 0 Å². The number of carbonyl (C=O) groups excluding carboxylic acids is 1. The topological polar surface area (TPSA) is 26.3 Å². The standard InChI is InChI=1S/C25H34O2Si/c1-6-13-22(19-26)18-21(2)20-27-28(25(3,4)5,23-14-9-7-10-15-23)24-16-11-8-12-17-24/h6-12,14-17,19,21-22H,1,13,18,20H2,2-5H3/t21?,22-/m1/s1. The van der Waals surface area contributed by atoms with Gasteiger partial charge in [-0.1, -0.05) is 94.4 Å². The van der Waals surface area contributed by atoms with Crippen LogP contribution in [-0.2, 0) is 9.22 Å². The third-order valence-corrected chi connectivity index (χ3v) is 10.4. The van der Waals surface area contributed by atoms with Gasteiger partial charge in [-0.3, -0.25) is 0 Å². The van der Waals surface area contributed by atoms with Crippen molar-refractivity contribution in [1.82, 2.24) is 0 Å². The summed E-state index contributed by atoms with van der Waals surface area (Å²) >= 11 is 0. The molecule has 0 radical (unpaired) electrons. The lowest BCUT2D eigenvalue weighted by atomic mass is 9.95. The van der Waals surface area contributed by atoms with Crippen molar-refractivity contribution in [1.29, 1.82) is 0 Å². The van der Waals surface area contributed by atoms with E-state index in [0.717, 1.165) is 19.1 Å². The van der Waals surface area contributed by atoms with Crippen LogP contribution in [0.1, 0.15) is 40.5 Å².